The summed E-state index contributed by atoms with van der Waals surface area (Å²) in [6, 6.07) is 0. The fourth-order valence-electron chi connectivity index (χ4n) is 1.69. The second kappa shape index (κ2) is 7.74. The summed E-state index contributed by atoms with van der Waals surface area (Å²) < 4.78 is 10.4. The van der Waals surface area contributed by atoms with Crippen LogP contribution < -0.4 is 0 Å². The Bertz CT molecular complexity index is 314. The summed E-state index contributed by atoms with van der Waals surface area (Å²) >= 11 is 0. The molecule has 0 radical (unpaired) electrons. The van der Waals surface area contributed by atoms with E-state index >= 15 is 0 Å². The summed E-state index contributed by atoms with van der Waals surface area (Å²) in [5.74, 6) is 0. The maximum absolute atomic E-state index is 9.69. The Morgan fingerprint density at radius 3 is 2.53 bits per heavy atom. The number of allylic oxidation sites excluding steroid dienone is 2. The molecule has 19 heavy (non-hydrogen) atoms. The quantitative estimate of drug-likeness (QED) is 0.479. The largest absolute Gasteiger partial charge is 0.394 e. The molecular formula is C13H22O6. The summed E-state index contributed by atoms with van der Waals surface area (Å²) in [4.78, 5) is 0. The van der Waals surface area contributed by atoms with Crippen LogP contribution in [0.25, 0.3) is 0 Å². The molecule has 1 aliphatic rings. The topological polar surface area (TPSA) is 99.4 Å². The number of rotatable bonds is 6. The Hall–Kier alpha value is -0.760. The zero-order chi connectivity index (χ0) is 14.4. The Kier molecular flexibility index (Phi) is 6.64. The molecule has 0 spiro atoms. The standard InChI is InChI=1S/C13H22O6/c1-3-8(2)5-4-6-18-13-12(17)11(16)10(15)9(7-14)19-13/h4-5,9-17H,2-3,6-7H2,1H3. The first-order valence-corrected chi connectivity index (χ1v) is 6.27. The van der Waals surface area contributed by atoms with Crippen molar-refractivity contribution in [3.05, 3.63) is 24.3 Å². The van der Waals surface area contributed by atoms with Crippen molar-refractivity contribution in [1.82, 2.24) is 0 Å². The summed E-state index contributed by atoms with van der Waals surface area (Å²) in [7, 11) is 0. The van der Waals surface area contributed by atoms with Crippen LogP contribution in [0.4, 0.5) is 0 Å². The van der Waals surface area contributed by atoms with Crippen molar-refractivity contribution in [1.29, 1.82) is 0 Å². The number of ether oxygens (including phenoxy) is 2. The van der Waals surface area contributed by atoms with Gasteiger partial charge in [0.2, 0.25) is 0 Å². The molecule has 1 saturated heterocycles. The van der Waals surface area contributed by atoms with E-state index in [9.17, 15) is 15.3 Å². The molecule has 5 atom stereocenters. The molecule has 4 N–H and O–H groups in total. The molecule has 6 heteroatoms. The molecule has 0 aliphatic carbocycles. The molecule has 0 bridgehead atoms. The van der Waals surface area contributed by atoms with E-state index in [4.69, 9.17) is 14.6 Å². The summed E-state index contributed by atoms with van der Waals surface area (Å²) in [6.45, 7) is 5.47. The molecule has 1 rings (SSSR count). The highest BCUT2D eigenvalue weighted by Gasteiger charge is 2.43. The second-order valence-corrected chi connectivity index (χ2v) is 4.44. The molecular weight excluding hydrogens is 252 g/mol. The molecule has 5 unspecified atom stereocenters. The van der Waals surface area contributed by atoms with Gasteiger partial charge in [0.25, 0.3) is 0 Å². The fourth-order valence-corrected chi connectivity index (χ4v) is 1.69. The third kappa shape index (κ3) is 4.38. The van der Waals surface area contributed by atoms with Gasteiger partial charge in [0.1, 0.15) is 24.4 Å². The third-order valence-electron chi connectivity index (χ3n) is 3.01. The lowest BCUT2D eigenvalue weighted by Crippen LogP contribution is -2.59. The highest BCUT2D eigenvalue weighted by Crippen LogP contribution is 2.21. The van der Waals surface area contributed by atoms with Crippen molar-refractivity contribution >= 4 is 0 Å². The lowest BCUT2D eigenvalue weighted by molar-refractivity contribution is -0.298. The lowest BCUT2D eigenvalue weighted by atomic mass is 9.99. The molecule has 0 aromatic rings. The van der Waals surface area contributed by atoms with Gasteiger partial charge in [-0.3, -0.25) is 0 Å². The van der Waals surface area contributed by atoms with Crippen molar-refractivity contribution in [2.75, 3.05) is 13.2 Å². The molecule has 110 valence electrons. The van der Waals surface area contributed by atoms with Gasteiger partial charge in [-0.2, -0.15) is 0 Å². The highest BCUT2D eigenvalue weighted by atomic mass is 16.7. The van der Waals surface area contributed by atoms with Crippen LogP contribution in [0, 0.1) is 0 Å². The van der Waals surface area contributed by atoms with Crippen molar-refractivity contribution in [2.24, 2.45) is 0 Å². The van der Waals surface area contributed by atoms with E-state index in [1.54, 1.807) is 12.2 Å². The number of aliphatic hydroxyl groups is 4. The maximum atomic E-state index is 9.69. The van der Waals surface area contributed by atoms with Crippen LogP contribution in [0.2, 0.25) is 0 Å². The first kappa shape index (κ1) is 16.3. The van der Waals surface area contributed by atoms with Crippen molar-refractivity contribution in [2.45, 2.75) is 44.1 Å². The molecule has 1 fully saturated rings. The van der Waals surface area contributed by atoms with Crippen LogP contribution in [-0.4, -0.2) is 64.3 Å². The molecule has 0 aromatic heterocycles. The average molecular weight is 274 g/mol. The summed E-state index contributed by atoms with van der Waals surface area (Å²) in [5.41, 5.74) is 0.942. The van der Waals surface area contributed by atoms with E-state index < -0.39 is 37.3 Å². The molecule has 1 aliphatic heterocycles. The van der Waals surface area contributed by atoms with E-state index in [1.165, 1.54) is 0 Å². The zero-order valence-corrected chi connectivity index (χ0v) is 11.0. The first-order valence-electron chi connectivity index (χ1n) is 6.27. The van der Waals surface area contributed by atoms with Crippen LogP contribution in [-0.2, 0) is 9.47 Å². The first-order chi connectivity index (χ1) is 9.01. The van der Waals surface area contributed by atoms with Crippen molar-refractivity contribution in [3.8, 4) is 0 Å². The van der Waals surface area contributed by atoms with Crippen LogP contribution in [0.1, 0.15) is 13.3 Å². The summed E-state index contributed by atoms with van der Waals surface area (Å²) in [5, 5.41) is 37.8. The van der Waals surface area contributed by atoms with Crippen LogP contribution >= 0.6 is 0 Å². The third-order valence-corrected chi connectivity index (χ3v) is 3.01. The minimum atomic E-state index is -1.41. The van der Waals surface area contributed by atoms with Crippen LogP contribution in [0.5, 0.6) is 0 Å². The monoisotopic (exact) mass is 274 g/mol. The van der Waals surface area contributed by atoms with Gasteiger partial charge in [0.05, 0.1) is 13.2 Å². The van der Waals surface area contributed by atoms with E-state index in [0.29, 0.717) is 0 Å². The molecule has 1 heterocycles. The van der Waals surface area contributed by atoms with Crippen molar-refractivity contribution in [3.63, 3.8) is 0 Å². The highest BCUT2D eigenvalue weighted by molar-refractivity contribution is 5.13. The van der Waals surface area contributed by atoms with Crippen LogP contribution in [0.15, 0.2) is 24.3 Å². The maximum Gasteiger partial charge on any atom is 0.187 e. The molecule has 0 aromatic carbocycles. The number of aliphatic hydroxyl groups excluding tert-OH is 4. The van der Waals surface area contributed by atoms with Gasteiger partial charge in [-0.25, -0.2) is 0 Å². The van der Waals surface area contributed by atoms with Crippen LogP contribution in [0.3, 0.4) is 0 Å². The zero-order valence-electron chi connectivity index (χ0n) is 11.0. The predicted octanol–water partition coefficient (Wildman–Crippen LogP) is -0.675. The summed E-state index contributed by atoms with van der Waals surface area (Å²) in [6.07, 6.45) is -1.83. The van der Waals surface area contributed by atoms with Gasteiger partial charge in [0.15, 0.2) is 6.29 Å². The van der Waals surface area contributed by atoms with Crippen molar-refractivity contribution < 1.29 is 29.9 Å². The fraction of sp³-hybridized carbons (Fsp3) is 0.692. The predicted molar refractivity (Wildman–Crippen MR) is 68.3 cm³/mol. The van der Waals surface area contributed by atoms with E-state index in [1.807, 2.05) is 6.92 Å². The Morgan fingerprint density at radius 1 is 1.26 bits per heavy atom. The van der Waals surface area contributed by atoms with E-state index in [2.05, 4.69) is 6.58 Å². The van der Waals surface area contributed by atoms with E-state index in [0.717, 1.165) is 12.0 Å². The Morgan fingerprint density at radius 2 is 1.95 bits per heavy atom. The molecule has 0 saturated carbocycles. The van der Waals surface area contributed by atoms with Gasteiger partial charge in [-0.1, -0.05) is 31.2 Å². The number of hydrogen-bond acceptors (Lipinski definition) is 6. The van der Waals surface area contributed by atoms with E-state index in [-0.39, 0.29) is 6.61 Å². The minimum Gasteiger partial charge on any atom is -0.394 e. The molecule has 0 amide bonds. The average Bonchev–Trinajstić information content (AvgIpc) is 2.42. The lowest BCUT2D eigenvalue weighted by Gasteiger charge is -2.39. The van der Waals surface area contributed by atoms with Gasteiger partial charge in [0, 0.05) is 0 Å². The van der Waals surface area contributed by atoms with Gasteiger partial charge in [-0.15, -0.1) is 0 Å². The second-order valence-electron chi connectivity index (χ2n) is 4.44. The minimum absolute atomic E-state index is 0.168. The Labute approximate surface area is 112 Å². The SMILES string of the molecule is C=C(C=CCOC1OC(CO)C(O)C(O)C1O)CC. The van der Waals surface area contributed by atoms with Gasteiger partial charge >= 0.3 is 0 Å². The number of hydrogen-bond donors (Lipinski definition) is 4. The Balaban J connectivity index is 2.48. The molecule has 6 nitrogen and oxygen atoms in total. The normalized spacial score (nSPS) is 35.7. The van der Waals surface area contributed by atoms with Gasteiger partial charge < -0.3 is 29.9 Å². The van der Waals surface area contributed by atoms with Gasteiger partial charge in [-0.05, 0) is 6.42 Å². The smallest absolute Gasteiger partial charge is 0.187 e.